The number of nitrogens with one attached hydrogen (secondary N) is 1. The first-order valence-electron chi connectivity index (χ1n) is 10.7. The van der Waals surface area contributed by atoms with Gasteiger partial charge >= 0.3 is 0 Å². The minimum absolute atomic E-state index is 0.0161. The van der Waals surface area contributed by atoms with Crippen LogP contribution in [-0.4, -0.2) is 48.8 Å². The Kier molecular flexibility index (Phi) is 6.27. The molecule has 0 aromatic heterocycles. The molecular weight excluding hydrogens is 356 g/mol. The Balaban J connectivity index is 1.45. The van der Waals surface area contributed by atoms with Crippen LogP contribution in [0.15, 0.2) is 24.3 Å². The standard InChI is InChI=1S/C22H30N2O4/c25-20(16-7-2-1-3-8-16)23-18-10-6-9-17(15-18)21(26)24-12-5-4-11-19(24)22-27-13-14-28-22/h6,9-10,15-16,19,22H,1-5,7-8,11-14H2,(H,23,25). The molecule has 1 atom stereocenters. The van der Waals surface area contributed by atoms with Crippen LogP contribution in [0, 0.1) is 5.92 Å². The average Bonchev–Trinajstić information content (AvgIpc) is 3.29. The van der Waals surface area contributed by atoms with Gasteiger partial charge in [0.15, 0.2) is 6.29 Å². The van der Waals surface area contributed by atoms with Gasteiger partial charge in [0.2, 0.25) is 5.91 Å². The third kappa shape index (κ3) is 4.39. The lowest BCUT2D eigenvalue weighted by molar-refractivity contribution is -0.120. The number of ether oxygens (including phenoxy) is 2. The molecule has 1 unspecified atom stereocenters. The highest BCUT2D eigenvalue weighted by Gasteiger charge is 2.36. The molecule has 1 N–H and O–H groups in total. The molecule has 2 amide bonds. The Hall–Kier alpha value is -1.92. The van der Waals surface area contributed by atoms with Gasteiger partial charge in [0.1, 0.15) is 0 Å². The highest BCUT2D eigenvalue weighted by Crippen LogP contribution is 2.28. The van der Waals surface area contributed by atoms with E-state index in [0.29, 0.717) is 31.0 Å². The molecule has 3 fully saturated rings. The van der Waals surface area contributed by atoms with Gasteiger partial charge in [-0.15, -0.1) is 0 Å². The molecule has 2 saturated heterocycles. The number of amides is 2. The van der Waals surface area contributed by atoms with Gasteiger partial charge in [-0.05, 0) is 50.3 Å². The van der Waals surface area contributed by atoms with Crippen molar-refractivity contribution >= 4 is 17.5 Å². The van der Waals surface area contributed by atoms with Crippen LogP contribution in [0.2, 0.25) is 0 Å². The number of benzene rings is 1. The van der Waals surface area contributed by atoms with E-state index >= 15 is 0 Å². The number of anilines is 1. The molecule has 0 radical (unpaired) electrons. The summed E-state index contributed by atoms with van der Waals surface area (Å²) in [7, 11) is 0. The highest BCUT2D eigenvalue weighted by molar-refractivity contribution is 5.98. The van der Waals surface area contributed by atoms with Gasteiger partial charge in [0.05, 0.1) is 19.3 Å². The first-order chi connectivity index (χ1) is 13.7. The third-order valence-electron chi connectivity index (χ3n) is 6.12. The monoisotopic (exact) mass is 386 g/mol. The molecule has 1 saturated carbocycles. The molecule has 2 aliphatic heterocycles. The van der Waals surface area contributed by atoms with Crippen molar-refractivity contribution < 1.29 is 19.1 Å². The van der Waals surface area contributed by atoms with E-state index in [-0.39, 0.29) is 30.1 Å². The Morgan fingerprint density at radius 3 is 2.50 bits per heavy atom. The lowest BCUT2D eigenvalue weighted by Crippen LogP contribution is -2.50. The molecule has 152 valence electrons. The average molecular weight is 386 g/mol. The molecular formula is C22H30N2O4. The maximum Gasteiger partial charge on any atom is 0.254 e. The van der Waals surface area contributed by atoms with Crippen LogP contribution in [0.1, 0.15) is 61.7 Å². The lowest BCUT2D eigenvalue weighted by Gasteiger charge is -2.38. The minimum atomic E-state index is -0.321. The summed E-state index contributed by atoms with van der Waals surface area (Å²) in [6.45, 7) is 1.89. The largest absolute Gasteiger partial charge is 0.348 e. The van der Waals surface area contributed by atoms with Crippen LogP contribution in [-0.2, 0) is 14.3 Å². The number of hydrogen-bond acceptors (Lipinski definition) is 4. The molecule has 3 aliphatic rings. The topological polar surface area (TPSA) is 67.9 Å². The Morgan fingerprint density at radius 2 is 1.71 bits per heavy atom. The zero-order valence-electron chi connectivity index (χ0n) is 16.4. The summed E-state index contributed by atoms with van der Waals surface area (Å²) in [6, 6.07) is 7.27. The number of carbonyl (C=O) groups is 2. The Labute approximate surface area is 166 Å². The fourth-order valence-electron chi connectivity index (χ4n) is 4.60. The zero-order valence-corrected chi connectivity index (χ0v) is 16.4. The second kappa shape index (κ2) is 9.05. The molecule has 28 heavy (non-hydrogen) atoms. The van der Waals surface area contributed by atoms with Crippen LogP contribution in [0.25, 0.3) is 0 Å². The maximum atomic E-state index is 13.2. The van der Waals surface area contributed by atoms with E-state index < -0.39 is 0 Å². The van der Waals surface area contributed by atoms with Crippen molar-refractivity contribution in [2.75, 3.05) is 25.1 Å². The molecule has 1 aromatic rings. The van der Waals surface area contributed by atoms with Gasteiger partial charge < -0.3 is 19.7 Å². The van der Waals surface area contributed by atoms with Gasteiger partial charge in [-0.3, -0.25) is 9.59 Å². The minimum Gasteiger partial charge on any atom is -0.348 e. The lowest BCUT2D eigenvalue weighted by atomic mass is 9.88. The molecule has 6 heteroatoms. The second-order valence-electron chi connectivity index (χ2n) is 8.08. The zero-order chi connectivity index (χ0) is 19.3. The van der Waals surface area contributed by atoms with Crippen molar-refractivity contribution in [3.8, 4) is 0 Å². The second-order valence-corrected chi connectivity index (χ2v) is 8.08. The summed E-state index contributed by atoms with van der Waals surface area (Å²) in [5, 5.41) is 3.02. The van der Waals surface area contributed by atoms with Gasteiger partial charge in [0.25, 0.3) is 5.91 Å². The number of likely N-dealkylation sites (tertiary alicyclic amines) is 1. The molecule has 0 bridgehead atoms. The Morgan fingerprint density at radius 1 is 0.964 bits per heavy atom. The molecule has 1 aromatic carbocycles. The SMILES string of the molecule is O=C(Nc1cccc(C(=O)N2CCCCC2C2OCCO2)c1)C1CCCCC1. The predicted molar refractivity (Wildman–Crippen MR) is 106 cm³/mol. The van der Waals surface area contributed by atoms with E-state index in [1.165, 1.54) is 6.42 Å². The van der Waals surface area contributed by atoms with Gasteiger partial charge in [0, 0.05) is 23.7 Å². The quantitative estimate of drug-likeness (QED) is 0.859. The van der Waals surface area contributed by atoms with E-state index in [0.717, 1.165) is 44.9 Å². The number of carbonyl (C=O) groups excluding carboxylic acids is 2. The van der Waals surface area contributed by atoms with Crippen LogP contribution in [0.5, 0.6) is 0 Å². The van der Waals surface area contributed by atoms with Gasteiger partial charge in [-0.25, -0.2) is 0 Å². The summed E-state index contributed by atoms with van der Waals surface area (Å²) < 4.78 is 11.4. The highest BCUT2D eigenvalue weighted by atomic mass is 16.7. The van der Waals surface area contributed by atoms with Crippen molar-refractivity contribution in [2.45, 2.75) is 63.7 Å². The van der Waals surface area contributed by atoms with Crippen LogP contribution in [0.3, 0.4) is 0 Å². The van der Waals surface area contributed by atoms with Crippen LogP contribution >= 0.6 is 0 Å². The number of hydrogen-bond donors (Lipinski definition) is 1. The fraction of sp³-hybridized carbons (Fsp3) is 0.636. The number of nitrogens with zero attached hydrogens (tertiary/aromatic N) is 1. The third-order valence-corrected chi connectivity index (χ3v) is 6.12. The molecule has 2 heterocycles. The number of piperidine rings is 1. The maximum absolute atomic E-state index is 13.2. The van der Waals surface area contributed by atoms with Crippen molar-refractivity contribution in [3.05, 3.63) is 29.8 Å². The van der Waals surface area contributed by atoms with Gasteiger partial charge in [-0.1, -0.05) is 25.3 Å². The van der Waals surface area contributed by atoms with E-state index in [4.69, 9.17) is 9.47 Å². The Bertz CT molecular complexity index is 696. The smallest absolute Gasteiger partial charge is 0.254 e. The van der Waals surface area contributed by atoms with Crippen LogP contribution < -0.4 is 5.32 Å². The summed E-state index contributed by atoms with van der Waals surface area (Å²) in [6.07, 6.45) is 8.04. The molecule has 6 nitrogen and oxygen atoms in total. The van der Waals surface area contributed by atoms with E-state index in [9.17, 15) is 9.59 Å². The first-order valence-corrected chi connectivity index (χ1v) is 10.7. The summed E-state index contributed by atoms with van der Waals surface area (Å²) in [4.78, 5) is 27.6. The number of rotatable bonds is 4. The molecule has 4 rings (SSSR count). The molecule has 1 aliphatic carbocycles. The van der Waals surface area contributed by atoms with Crippen LogP contribution in [0.4, 0.5) is 5.69 Å². The van der Waals surface area contributed by atoms with Crippen molar-refractivity contribution in [1.82, 2.24) is 4.90 Å². The fourth-order valence-corrected chi connectivity index (χ4v) is 4.60. The summed E-state index contributed by atoms with van der Waals surface area (Å²) in [5.41, 5.74) is 1.30. The van der Waals surface area contributed by atoms with E-state index in [1.807, 2.05) is 23.1 Å². The van der Waals surface area contributed by atoms with Gasteiger partial charge in [-0.2, -0.15) is 0 Å². The molecule has 0 spiro atoms. The summed E-state index contributed by atoms with van der Waals surface area (Å²) >= 11 is 0. The van der Waals surface area contributed by atoms with E-state index in [2.05, 4.69) is 5.32 Å². The first kappa shape index (κ1) is 19.4. The van der Waals surface area contributed by atoms with Crippen molar-refractivity contribution in [3.63, 3.8) is 0 Å². The van der Waals surface area contributed by atoms with Crippen molar-refractivity contribution in [2.24, 2.45) is 5.92 Å². The summed E-state index contributed by atoms with van der Waals surface area (Å²) in [5.74, 6) is 0.154. The predicted octanol–water partition coefficient (Wildman–Crippen LogP) is 3.57. The van der Waals surface area contributed by atoms with E-state index in [1.54, 1.807) is 6.07 Å². The van der Waals surface area contributed by atoms with Crippen molar-refractivity contribution in [1.29, 1.82) is 0 Å². The normalized spacial score (nSPS) is 24.3.